The Morgan fingerprint density at radius 3 is 3.00 bits per heavy atom. The van der Waals surface area contributed by atoms with Crippen LogP contribution in [0.3, 0.4) is 0 Å². The van der Waals surface area contributed by atoms with Gasteiger partial charge in [-0.05, 0) is 34.1 Å². The Kier molecular flexibility index (Phi) is 6.01. The number of thioether (sulfide) groups is 1. The van der Waals surface area contributed by atoms with Gasteiger partial charge in [0.2, 0.25) is 0 Å². The lowest BCUT2D eigenvalue weighted by Crippen LogP contribution is -2.40. The molecule has 0 saturated carbocycles. The summed E-state index contributed by atoms with van der Waals surface area (Å²) in [4.78, 5) is 0.948. The van der Waals surface area contributed by atoms with E-state index >= 15 is 0 Å². The maximum atomic E-state index is 10.8. The standard InChI is InChI=1S/C15H16BrClN2O3S/c16-10-7-18-19(8-10)13-9-21-4-5-22-15(14(13)20)23-12-3-1-2-11(17)6-12/h1-3,6-8,13-15,20H,4-5,9H2/t13-,14?,15?/m1/s1. The van der Waals surface area contributed by atoms with Crippen molar-refractivity contribution in [3.05, 3.63) is 46.2 Å². The van der Waals surface area contributed by atoms with E-state index < -0.39 is 11.5 Å². The van der Waals surface area contributed by atoms with E-state index in [9.17, 15) is 5.11 Å². The van der Waals surface area contributed by atoms with Gasteiger partial charge in [0, 0.05) is 16.1 Å². The molecular formula is C15H16BrClN2O3S. The van der Waals surface area contributed by atoms with E-state index in [1.165, 1.54) is 11.8 Å². The monoisotopic (exact) mass is 418 g/mol. The highest BCUT2D eigenvalue weighted by atomic mass is 79.9. The fourth-order valence-electron chi connectivity index (χ4n) is 2.31. The maximum Gasteiger partial charge on any atom is 0.135 e. The fraction of sp³-hybridized carbons (Fsp3) is 0.400. The van der Waals surface area contributed by atoms with Crippen LogP contribution < -0.4 is 0 Å². The molecule has 3 atom stereocenters. The van der Waals surface area contributed by atoms with E-state index in [1.54, 1.807) is 10.9 Å². The van der Waals surface area contributed by atoms with Crippen molar-refractivity contribution in [3.8, 4) is 0 Å². The summed E-state index contributed by atoms with van der Waals surface area (Å²) in [5.74, 6) is 0. The molecule has 0 aliphatic carbocycles. The largest absolute Gasteiger partial charge is 0.387 e. The molecule has 5 nitrogen and oxygen atoms in total. The van der Waals surface area contributed by atoms with Gasteiger partial charge in [-0.1, -0.05) is 29.4 Å². The van der Waals surface area contributed by atoms with Crippen LogP contribution in [-0.2, 0) is 9.47 Å². The number of ether oxygens (including phenoxy) is 2. The molecule has 1 aromatic carbocycles. The summed E-state index contributed by atoms with van der Waals surface area (Å²) in [7, 11) is 0. The number of aromatic nitrogens is 2. The topological polar surface area (TPSA) is 56.5 Å². The Balaban J connectivity index is 1.79. The molecule has 0 radical (unpaired) electrons. The summed E-state index contributed by atoms with van der Waals surface area (Å²) in [6, 6.07) is 7.18. The van der Waals surface area contributed by atoms with Gasteiger partial charge in [0.05, 0.1) is 30.5 Å². The van der Waals surface area contributed by atoms with Crippen molar-refractivity contribution in [2.75, 3.05) is 19.8 Å². The second kappa shape index (κ2) is 8.00. The molecule has 1 aliphatic rings. The minimum Gasteiger partial charge on any atom is -0.387 e. The lowest BCUT2D eigenvalue weighted by molar-refractivity contribution is -0.0802. The molecular weight excluding hydrogens is 404 g/mol. The molecule has 23 heavy (non-hydrogen) atoms. The van der Waals surface area contributed by atoms with E-state index in [1.807, 2.05) is 30.5 Å². The van der Waals surface area contributed by atoms with Gasteiger partial charge in [0.1, 0.15) is 17.6 Å². The highest BCUT2D eigenvalue weighted by molar-refractivity contribution is 9.10. The molecule has 1 aromatic heterocycles. The molecule has 1 saturated heterocycles. The molecule has 124 valence electrons. The van der Waals surface area contributed by atoms with Gasteiger partial charge in [-0.15, -0.1) is 0 Å². The number of rotatable bonds is 3. The van der Waals surface area contributed by atoms with Crippen LogP contribution >= 0.6 is 39.3 Å². The average molecular weight is 420 g/mol. The summed E-state index contributed by atoms with van der Waals surface area (Å²) in [5.41, 5.74) is -0.426. The van der Waals surface area contributed by atoms with Gasteiger partial charge in [0.15, 0.2) is 0 Å². The molecule has 1 fully saturated rings. The molecule has 8 heteroatoms. The van der Waals surface area contributed by atoms with Crippen molar-refractivity contribution < 1.29 is 14.6 Å². The highest BCUT2D eigenvalue weighted by Crippen LogP contribution is 2.32. The lowest BCUT2D eigenvalue weighted by Gasteiger charge is -2.31. The second-order valence-corrected chi connectivity index (χ2v) is 7.61. The first kappa shape index (κ1) is 17.3. The van der Waals surface area contributed by atoms with Crippen LogP contribution in [0.1, 0.15) is 6.04 Å². The number of hydrogen-bond acceptors (Lipinski definition) is 5. The maximum absolute atomic E-state index is 10.8. The fourth-order valence-corrected chi connectivity index (χ4v) is 3.97. The molecule has 0 amide bonds. The van der Waals surface area contributed by atoms with Crippen molar-refractivity contribution in [1.82, 2.24) is 9.78 Å². The molecule has 3 rings (SSSR count). The third-order valence-electron chi connectivity index (χ3n) is 3.43. The first-order valence-electron chi connectivity index (χ1n) is 7.13. The molecule has 0 bridgehead atoms. The summed E-state index contributed by atoms with van der Waals surface area (Å²) >= 11 is 10.9. The highest BCUT2D eigenvalue weighted by Gasteiger charge is 2.33. The quantitative estimate of drug-likeness (QED) is 0.827. The average Bonchev–Trinajstić information content (AvgIpc) is 2.93. The first-order valence-corrected chi connectivity index (χ1v) is 9.18. The van der Waals surface area contributed by atoms with Crippen LogP contribution in [0.25, 0.3) is 0 Å². The van der Waals surface area contributed by atoms with Crippen LogP contribution in [0.5, 0.6) is 0 Å². The van der Waals surface area contributed by atoms with Crippen LogP contribution in [0, 0.1) is 0 Å². The summed E-state index contributed by atoms with van der Waals surface area (Å²) in [6.07, 6.45) is 2.73. The van der Waals surface area contributed by atoms with Gasteiger partial charge >= 0.3 is 0 Å². The van der Waals surface area contributed by atoms with E-state index in [0.29, 0.717) is 24.8 Å². The minimum absolute atomic E-state index is 0.321. The zero-order valence-corrected chi connectivity index (χ0v) is 15.3. The van der Waals surface area contributed by atoms with Crippen molar-refractivity contribution >= 4 is 39.3 Å². The minimum atomic E-state index is -0.772. The summed E-state index contributed by atoms with van der Waals surface area (Å²) < 4.78 is 13.9. The number of nitrogens with zero attached hydrogens (tertiary/aromatic N) is 2. The van der Waals surface area contributed by atoms with Gasteiger partial charge in [0.25, 0.3) is 0 Å². The van der Waals surface area contributed by atoms with Crippen molar-refractivity contribution in [3.63, 3.8) is 0 Å². The zero-order chi connectivity index (χ0) is 16.2. The lowest BCUT2D eigenvalue weighted by atomic mass is 10.2. The SMILES string of the molecule is OC1C(Sc2cccc(Cl)c2)OCCOC[C@H]1n1cc(Br)cn1. The van der Waals surface area contributed by atoms with E-state index in [0.717, 1.165) is 9.37 Å². The summed E-state index contributed by atoms with van der Waals surface area (Å²) in [6.45, 7) is 1.30. The zero-order valence-electron chi connectivity index (χ0n) is 12.1. The predicted molar refractivity (Wildman–Crippen MR) is 92.8 cm³/mol. The van der Waals surface area contributed by atoms with Crippen LogP contribution in [0.2, 0.25) is 5.02 Å². The van der Waals surface area contributed by atoms with Crippen LogP contribution in [0.4, 0.5) is 0 Å². The Morgan fingerprint density at radius 2 is 2.26 bits per heavy atom. The molecule has 2 aromatic rings. The molecule has 0 spiro atoms. The van der Waals surface area contributed by atoms with Gasteiger partial charge in [-0.3, -0.25) is 4.68 Å². The number of benzene rings is 1. The Bertz CT molecular complexity index is 657. The Hall–Kier alpha value is -0.570. The van der Waals surface area contributed by atoms with Gasteiger partial charge in [-0.25, -0.2) is 0 Å². The van der Waals surface area contributed by atoms with E-state index in [4.69, 9.17) is 21.1 Å². The van der Waals surface area contributed by atoms with E-state index in [-0.39, 0.29) is 6.04 Å². The summed E-state index contributed by atoms with van der Waals surface area (Å²) in [5, 5.41) is 15.7. The number of halogens is 2. The predicted octanol–water partition coefficient (Wildman–Crippen LogP) is 3.37. The second-order valence-electron chi connectivity index (χ2n) is 5.09. The van der Waals surface area contributed by atoms with E-state index in [2.05, 4.69) is 21.0 Å². The molecule has 1 aliphatic heterocycles. The smallest absolute Gasteiger partial charge is 0.135 e. The normalized spacial score (nSPS) is 25.8. The molecule has 2 unspecified atom stereocenters. The number of aliphatic hydroxyl groups is 1. The van der Waals surface area contributed by atoms with Gasteiger partial charge < -0.3 is 14.6 Å². The van der Waals surface area contributed by atoms with Crippen molar-refractivity contribution in [2.45, 2.75) is 22.5 Å². The number of hydrogen-bond donors (Lipinski definition) is 1. The Morgan fingerprint density at radius 1 is 1.39 bits per heavy atom. The first-order chi connectivity index (χ1) is 11.1. The molecule has 2 heterocycles. The third kappa shape index (κ3) is 4.49. The van der Waals surface area contributed by atoms with Crippen LogP contribution in [0.15, 0.2) is 46.0 Å². The molecule has 1 N–H and O–H groups in total. The van der Waals surface area contributed by atoms with Crippen molar-refractivity contribution in [1.29, 1.82) is 0 Å². The van der Waals surface area contributed by atoms with Crippen LogP contribution in [-0.4, -0.2) is 46.2 Å². The third-order valence-corrected chi connectivity index (χ3v) is 5.25. The number of aliphatic hydroxyl groups excluding tert-OH is 1. The Labute approximate surface area is 152 Å². The van der Waals surface area contributed by atoms with Gasteiger partial charge in [-0.2, -0.15) is 5.10 Å². The van der Waals surface area contributed by atoms with Crippen molar-refractivity contribution in [2.24, 2.45) is 0 Å².